The van der Waals surface area contributed by atoms with E-state index in [1.54, 1.807) is 30.5 Å². The summed E-state index contributed by atoms with van der Waals surface area (Å²) in [5.74, 6) is 1.81. The van der Waals surface area contributed by atoms with Crippen LogP contribution in [-0.2, 0) is 11.3 Å². The van der Waals surface area contributed by atoms with Gasteiger partial charge in [-0.15, -0.1) is 16.8 Å². The molecule has 1 aromatic carbocycles. The molecule has 0 aliphatic carbocycles. The number of benzene rings is 1. The number of fused-ring (bicyclic) bond motifs is 1. The molecular formula is C20H18N4O4S. The van der Waals surface area contributed by atoms with Gasteiger partial charge >= 0.3 is 0 Å². The SMILES string of the molecule is C=CCn1c(SCC(=O)c2ccc3c(c2)NC(=O)CO3)nnc1-c1ccoc1C. The molecule has 1 amide bonds. The number of ether oxygens (including phenoxy) is 1. The van der Waals surface area contributed by atoms with E-state index in [1.165, 1.54) is 11.8 Å². The monoisotopic (exact) mass is 410 g/mol. The number of Topliss-reactive ketones (excluding diaryl/α,β-unsaturated/α-hetero) is 1. The van der Waals surface area contributed by atoms with Gasteiger partial charge in [0.05, 0.1) is 23.3 Å². The molecule has 0 saturated heterocycles. The van der Waals surface area contributed by atoms with Crippen molar-refractivity contribution in [3.63, 3.8) is 0 Å². The summed E-state index contributed by atoms with van der Waals surface area (Å²) in [4.78, 5) is 24.2. The van der Waals surface area contributed by atoms with Crippen molar-refractivity contribution in [1.82, 2.24) is 14.8 Å². The Morgan fingerprint density at radius 1 is 1.38 bits per heavy atom. The fourth-order valence-electron chi connectivity index (χ4n) is 2.98. The predicted molar refractivity (Wildman–Crippen MR) is 108 cm³/mol. The summed E-state index contributed by atoms with van der Waals surface area (Å²) >= 11 is 1.29. The number of ketones is 1. The van der Waals surface area contributed by atoms with Gasteiger partial charge in [0, 0.05) is 12.1 Å². The molecule has 0 saturated carbocycles. The van der Waals surface area contributed by atoms with E-state index in [-0.39, 0.29) is 24.1 Å². The van der Waals surface area contributed by atoms with Crippen LogP contribution < -0.4 is 10.1 Å². The Balaban J connectivity index is 1.52. The second kappa shape index (κ2) is 7.96. The van der Waals surface area contributed by atoms with E-state index in [1.807, 2.05) is 17.6 Å². The minimum Gasteiger partial charge on any atom is -0.482 e. The van der Waals surface area contributed by atoms with Crippen LogP contribution in [0.5, 0.6) is 5.75 Å². The zero-order chi connectivity index (χ0) is 20.4. The number of carbonyl (C=O) groups excluding carboxylic acids is 2. The Kier molecular flexibility index (Phi) is 5.22. The maximum Gasteiger partial charge on any atom is 0.262 e. The fraction of sp³-hybridized carbons (Fsp3) is 0.200. The first-order valence-electron chi connectivity index (χ1n) is 8.88. The van der Waals surface area contributed by atoms with Crippen molar-refractivity contribution < 1.29 is 18.7 Å². The van der Waals surface area contributed by atoms with Crippen LogP contribution in [0.3, 0.4) is 0 Å². The minimum atomic E-state index is -0.240. The number of aromatic nitrogens is 3. The number of anilines is 1. The molecule has 4 rings (SSSR count). The van der Waals surface area contributed by atoms with Crippen LogP contribution in [0.15, 0.2) is 52.8 Å². The van der Waals surface area contributed by atoms with E-state index in [4.69, 9.17) is 9.15 Å². The summed E-state index contributed by atoms with van der Waals surface area (Å²) in [7, 11) is 0. The van der Waals surface area contributed by atoms with E-state index in [2.05, 4.69) is 22.1 Å². The van der Waals surface area contributed by atoms with Crippen LogP contribution in [-0.4, -0.2) is 38.8 Å². The second-order valence-corrected chi connectivity index (χ2v) is 7.30. The Hall–Kier alpha value is -3.33. The molecule has 0 atom stereocenters. The van der Waals surface area contributed by atoms with Gasteiger partial charge in [-0.25, -0.2) is 0 Å². The zero-order valence-electron chi connectivity index (χ0n) is 15.7. The average Bonchev–Trinajstić information content (AvgIpc) is 3.31. The summed E-state index contributed by atoms with van der Waals surface area (Å²) < 4.78 is 12.6. The first-order valence-corrected chi connectivity index (χ1v) is 9.86. The lowest BCUT2D eigenvalue weighted by Crippen LogP contribution is -2.25. The number of aryl methyl sites for hydroxylation is 1. The molecule has 148 valence electrons. The first-order chi connectivity index (χ1) is 14.1. The third-order valence-electron chi connectivity index (χ3n) is 4.39. The fourth-order valence-corrected chi connectivity index (χ4v) is 3.82. The molecule has 0 radical (unpaired) electrons. The van der Waals surface area contributed by atoms with Crippen molar-refractivity contribution in [3.8, 4) is 17.1 Å². The van der Waals surface area contributed by atoms with Crippen molar-refractivity contribution in [2.75, 3.05) is 17.7 Å². The van der Waals surface area contributed by atoms with Crippen molar-refractivity contribution in [1.29, 1.82) is 0 Å². The molecule has 8 nitrogen and oxygen atoms in total. The lowest BCUT2D eigenvalue weighted by molar-refractivity contribution is -0.118. The van der Waals surface area contributed by atoms with Crippen LogP contribution in [0.4, 0.5) is 5.69 Å². The Morgan fingerprint density at radius 3 is 3.00 bits per heavy atom. The van der Waals surface area contributed by atoms with Crippen molar-refractivity contribution in [2.24, 2.45) is 0 Å². The van der Waals surface area contributed by atoms with E-state index in [0.717, 1.165) is 11.3 Å². The molecule has 0 fully saturated rings. The highest BCUT2D eigenvalue weighted by Crippen LogP contribution is 2.30. The third kappa shape index (κ3) is 3.81. The van der Waals surface area contributed by atoms with Crippen molar-refractivity contribution in [3.05, 3.63) is 54.5 Å². The van der Waals surface area contributed by atoms with Gasteiger partial charge < -0.3 is 14.5 Å². The number of furan rings is 1. The van der Waals surface area contributed by atoms with Gasteiger partial charge in [-0.2, -0.15) is 0 Å². The summed E-state index contributed by atoms with van der Waals surface area (Å²) in [6.45, 7) is 6.13. The topological polar surface area (TPSA) is 99.2 Å². The Morgan fingerprint density at radius 2 is 2.24 bits per heavy atom. The summed E-state index contributed by atoms with van der Waals surface area (Å²) in [6, 6.07) is 6.84. The summed E-state index contributed by atoms with van der Waals surface area (Å²) in [5, 5.41) is 11.8. The normalized spacial score (nSPS) is 12.8. The van der Waals surface area contributed by atoms with E-state index in [9.17, 15) is 9.59 Å². The maximum absolute atomic E-state index is 12.7. The van der Waals surface area contributed by atoms with Gasteiger partial charge in [0.2, 0.25) is 0 Å². The Bertz CT molecular complexity index is 1100. The number of thioether (sulfide) groups is 1. The molecule has 1 N–H and O–H groups in total. The lowest BCUT2D eigenvalue weighted by Gasteiger charge is -2.18. The van der Waals surface area contributed by atoms with Crippen molar-refractivity contribution >= 4 is 29.1 Å². The number of allylic oxidation sites excluding steroid dienone is 1. The maximum atomic E-state index is 12.7. The second-order valence-electron chi connectivity index (χ2n) is 6.36. The summed E-state index contributed by atoms with van der Waals surface area (Å²) in [6.07, 6.45) is 3.35. The number of hydrogen-bond donors (Lipinski definition) is 1. The molecule has 1 aliphatic rings. The number of carbonyl (C=O) groups is 2. The van der Waals surface area contributed by atoms with Crippen LogP contribution in [0.25, 0.3) is 11.4 Å². The van der Waals surface area contributed by atoms with Gasteiger partial charge in [-0.1, -0.05) is 17.8 Å². The van der Waals surface area contributed by atoms with Crippen LogP contribution in [0.2, 0.25) is 0 Å². The molecule has 0 unspecified atom stereocenters. The molecule has 0 spiro atoms. The molecule has 29 heavy (non-hydrogen) atoms. The van der Waals surface area contributed by atoms with E-state index in [0.29, 0.717) is 34.5 Å². The number of nitrogens with zero attached hydrogens (tertiary/aromatic N) is 3. The number of amides is 1. The highest BCUT2D eigenvalue weighted by atomic mass is 32.2. The summed E-state index contributed by atoms with van der Waals surface area (Å²) in [5.41, 5.74) is 1.84. The Labute approximate surface area is 171 Å². The largest absolute Gasteiger partial charge is 0.482 e. The van der Waals surface area contributed by atoms with Crippen molar-refractivity contribution in [2.45, 2.75) is 18.6 Å². The third-order valence-corrected chi connectivity index (χ3v) is 5.36. The van der Waals surface area contributed by atoms with Crippen LogP contribution in [0, 0.1) is 6.92 Å². The van der Waals surface area contributed by atoms with E-state index < -0.39 is 0 Å². The zero-order valence-corrected chi connectivity index (χ0v) is 16.5. The highest BCUT2D eigenvalue weighted by Gasteiger charge is 2.20. The number of nitrogens with one attached hydrogen (secondary N) is 1. The highest BCUT2D eigenvalue weighted by molar-refractivity contribution is 7.99. The molecule has 3 aromatic rings. The molecule has 1 aliphatic heterocycles. The van der Waals surface area contributed by atoms with Gasteiger partial charge in [0.1, 0.15) is 11.5 Å². The minimum absolute atomic E-state index is 0.0203. The standard InChI is InChI=1S/C20H18N4O4S/c1-3-7-24-19(14-6-8-27-12(14)2)22-23-20(24)29-11-16(25)13-4-5-17-15(9-13)21-18(26)10-28-17/h3-6,8-9H,1,7,10-11H2,2H3,(H,21,26). The average molecular weight is 410 g/mol. The van der Waals surface area contributed by atoms with Crippen LogP contribution in [0.1, 0.15) is 16.1 Å². The number of rotatable bonds is 7. The molecule has 2 aromatic heterocycles. The quantitative estimate of drug-likeness (QED) is 0.362. The molecule has 9 heteroatoms. The molecule has 3 heterocycles. The molecular weight excluding hydrogens is 392 g/mol. The van der Waals surface area contributed by atoms with Crippen LogP contribution >= 0.6 is 11.8 Å². The molecule has 0 bridgehead atoms. The first kappa shape index (κ1) is 19.0. The lowest BCUT2D eigenvalue weighted by atomic mass is 10.1. The van der Waals surface area contributed by atoms with Gasteiger partial charge in [-0.05, 0) is 31.2 Å². The van der Waals surface area contributed by atoms with Gasteiger partial charge in [-0.3, -0.25) is 14.2 Å². The van der Waals surface area contributed by atoms with Gasteiger partial charge in [0.15, 0.2) is 23.4 Å². The smallest absolute Gasteiger partial charge is 0.262 e. The van der Waals surface area contributed by atoms with Gasteiger partial charge in [0.25, 0.3) is 5.91 Å². The van der Waals surface area contributed by atoms with E-state index >= 15 is 0 Å². The predicted octanol–water partition coefficient (Wildman–Crippen LogP) is 3.34. The number of hydrogen-bond acceptors (Lipinski definition) is 7.